The number of nitrogens with zero attached hydrogens (tertiary/aromatic N) is 2. The van der Waals surface area contributed by atoms with Gasteiger partial charge in [0, 0.05) is 55.9 Å². The van der Waals surface area contributed by atoms with Crippen molar-refractivity contribution in [2.45, 2.75) is 238 Å². The topological polar surface area (TPSA) is 169 Å². The van der Waals surface area contributed by atoms with Gasteiger partial charge < -0.3 is 39.0 Å². The van der Waals surface area contributed by atoms with Crippen molar-refractivity contribution in [2.24, 2.45) is 28.6 Å². The minimum absolute atomic E-state index is 0.0307. The molecule has 0 aliphatic heterocycles. The predicted octanol–water partition coefficient (Wildman–Crippen LogP) is 11.2. The van der Waals surface area contributed by atoms with E-state index in [0.29, 0.717) is 70.4 Å². The van der Waals surface area contributed by atoms with Gasteiger partial charge in [-0.3, -0.25) is 24.0 Å². The number of ketones is 2. The van der Waals surface area contributed by atoms with Crippen LogP contribution in [0.15, 0.2) is 23.8 Å². The summed E-state index contributed by atoms with van der Waals surface area (Å²) in [6, 6.07) is 0. The van der Waals surface area contributed by atoms with Gasteiger partial charge in [0.15, 0.2) is 18.1 Å². The highest BCUT2D eigenvalue weighted by atomic mass is 19.1. The van der Waals surface area contributed by atoms with Crippen molar-refractivity contribution < 1.29 is 57.5 Å². The van der Waals surface area contributed by atoms with E-state index < -0.39 is 76.4 Å². The average molecular weight is 1060 g/mol. The van der Waals surface area contributed by atoms with Gasteiger partial charge in [0.1, 0.15) is 11.7 Å². The Morgan fingerprint density at radius 1 is 0.733 bits per heavy atom. The number of fused-ring (bicyclic) bond motifs is 5. The molecule has 2 N–H and O–H groups in total. The van der Waals surface area contributed by atoms with Crippen LogP contribution in [-0.4, -0.2) is 140 Å². The number of rotatable bonds is 40. The van der Waals surface area contributed by atoms with Crippen LogP contribution >= 0.6 is 0 Å². The highest BCUT2D eigenvalue weighted by Gasteiger charge is 2.75. The van der Waals surface area contributed by atoms with Crippen LogP contribution in [0.25, 0.3) is 0 Å². The van der Waals surface area contributed by atoms with E-state index in [1.807, 2.05) is 19.0 Å². The number of hydrogen-bond acceptors (Lipinski definition) is 12. The summed E-state index contributed by atoms with van der Waals surface area (Å²) in [6.07, 6.45) is 26.4. The zero-order chi connectivity index (χ0) is 54.9. The molecule has 430 valence electrons. The van der Waals surface area contributed by atoms with Crippen molar-refractivity contribution in [1.29, 1.82) is 0 Å². The molecule has 4 aliphatic rings. The van der Waals surface area contributed by atoms with Crippen LogP contribution in [0.5, 0.6) is 0 Å². The number of esters is 2. The third-order valence-corrected chi connectivity index (χ3v) is 17.7. The largest absolute Gasteiger partial charge is 0.458 e. The number of aliphatic hydroxyl groups is 2. The van der Waals surface area contributed by atoms with E-state index in [4.69, 9.17) is 18.9 Å². The summed E-state index contributed by atoms with van der Waals surface area (Å²) in [5.74, 6) is -3.55. The van der Waals surface area contributed by atoms with Gasteiger partial charge in [0.05, 0.1) is 25.7 Å². The molecule has 0 spiro atoms. The molecule has 0 aromatic heterocycles. The lowest BCUT2D eigenvalue weighted by Crippen LogP contribution is -2.69. The van der Waals surface area contributed by atoms with Crippen LogP contribution in [0.4, 0.5) is 4.39 Å². The molecule has 0 saturated heterocycles. The van der Waals surface area contributed by atoms with E-state index >= 15 is 4.39 Å². The van der Waals surface area contributed by atoms with E-state index in [0.717, 1.165) is 45.1 Å². The first-order valence-corrected chi connectivity index (χ1v) is 29.9. The standard InChI is InChI=1S/C61H103FN2O11/c1-8-10-12-14-16-18-22-26-39-72-44-50(45-73-40-27-23-19-17-15-13-11-9-2)75-57(70)33-32-55(68)64(38-28-36-63(6)7)37-25-21-20-24-29-56(69)74-46-54(67)61(71)47(3)41-52-51-31-30-48-42-49(65)34-35-58(48,4)60(51,62)53(66)43-59(52,61)5/h34-35,42,47,50-53,66,71H,8-33,36-41,43-46H2,1-7H3. The summed E-state index contributed by atoms with van der Waals surface area (Å²) in [5.41, 5.74) is -5.68. The van der Waals surface area contributed by atoms with Crippen LogP contribution < -0.4 is 0 Å². The molecule has 8 atom stereocenters. The smallest absolute Gasteiger partial charge is 0.306 e. The van der Waals surface area contributed by atoms with Gasteiger partial charge in [0.2, 0.25) is 11.7 Å². The summed E-state index contributed by atoms with van der Waals surface area (Å²) in [4.78, 5) is 69.8. The first-order chi connectivity index (χ1) is 35.9. The Balaban J connectivity index is 1.19. The van der Waals surface area contributed by atoms with Crippen molar-refractivity contribution in [3.05, 3.63) is 23.8 Å². The van der Waals surface area contributed by atoms with Crippen molar-refractivity contribution in [3.8, 4) is 0 Å². The Labute approximate surface area is 452 Å². The van der Waals surface area contributed by atoms with Crippen molar-refractivity contribution >= 4 is 29.4 Å². The first-order valence-electron chi connectivity index (χ1n) is 29.9. The molecule has 8 unspecified atom stereocenters. The van der Waals surface area contributed by atoms with E-state index in [-0.39, 0.29) is 50.6 Å². The first kappa shape index (κ1) is 64.5. The van der Waals surface area contributed by atoms with Gasteiger partial charge in [-0.2, -0.15) is 0 Å². The summed E-state index contributed by atoms with van der Waals surface area (Å²) >= 11 is 0. The molecule has 0 aromatic carbocycles. The van der Waals surface area contributed by atoms with Crippen LogP contribution in [0, 0.1) is 28.6 Å². The number of halogens is 1. The van der Waals surface area contributed by atoms with Crippen LogP contribution in [-0.2, 0) is 42.9 Å². The normalized spacial score (nSPS) is 27.0. The maximum atomic E-state index is 17.6. The Kier molecular flexibility index (Phi) is 28.2. The second-order valence-corrected chi connectivity index (χ2v) is 23.7. The Morgan fingerprint density at radius 3 is 1.89 bits per heavy atom. The molecule has 75 heavy (non-hydrogen) atoms. The summed E-state index contributed by atoms with van der Waals surface area (Å²) in [5, 5.41) is 24.0. The van der Waals surface area contributed by atoms with E-state index in [2.05, 4.69) is 18.7 Å². The molecule has 0 bridgehead atoms. The Morgan fingerprint density at radius 2 is 1.29 bits per heavy atom. The lowest BCUT2D eigenvalue weighted by molar-refractivity contribution is -0.220. The van der Waals surface area contributed by atoms with Gasteiger partial charge in [-0.25, -0.2) is 4.39 Å². The SMILES string of the molecule is CCCCCCCCCCOCC(COCCCCCCCCCC)OC(=O)CCC(=O)N(CCCCCCC(=O)OCC(=O)C1(O)C(C)CC2C3CCC4=CC(=O)C=CC4(C)C3(F)C(O)CC21C)CCCN(C)C. The molecule has 3 saturated carbocycles. The maximum Gasteiger partial charge on any atom is 0.306 e. The van der Waals surface area contributed by atoms with Gasteiger partial charge in [-0.15, -0.1) is 0 Å². The van der Waals surface area contributed by atoms with Gasteiger partial charge in [-0.05, 0) is 109 Å². The Bertz CT molecular complexity index is 1800. The average Bonchev–Trinajstić information content (AvgIpc) is 3.57. The number of unbranched alkanes of at least 4 members (excludes halogenated alkanes) is 17. The second-order valence-electron chi connectivity index (χ2n) is 23.7. The molecular formula is C61H103FN2O11. The van der Waals surface area contributed by atoms with Crippen LogP contribution in [0.1, 0.15) is 214 Å². The van der Waals surface area contributed by atoms with E-state index in [9.17, 15) is 34.2 Å². The molecule has 4 rings (SSSR count). The summed E-state index contributed by atoms with van der Waals surface area (Å²) in [7, 11) is 3.99. The number of Topliss-reactive ketones (excluding diaryl/α,β-unsaturated/α-hetero) is 1. The zero-order valence-corrected chi connectivity index (χ0v) is 47.9. The molecule has 0 radical (unpaired) electrons. The lowest BCUT2D eigenvalue weighted by Gasteiger charge is -2.62. The third kappa shape index (κ3) is 18.3. The molecule has 4 aliphatic carbocycles. The van der Waals surface area contributed by atoms with Crippen molar-refractivity contribution in [1.82, 2.24) is 9.80 Å². The van der Waals surface area contributed by atoms with Gasteiger partial charge in [0.25, 0.3) is 0 Å². The van der Waals surface area contributed by atoms with Gasteiger partial charge >= 0.3 is 11.9 Å². The number of allylic oxidation sites excluding steroid dienone is 4. The predicted molar refractivity (Wildman–Crippen MR) is 293 cm³/mol. The molecule has 13 nitrogen and oxygen atoms in total. The summed E-state index contributed by atoms with van der Waals surface area (Å²) in [6.45, 7) is 12.8. The van der Waals surface area contributed by atoms with Gasteiger partial charge in [-0.1, -0.05) is 142 Å². The minimum Gasteiger partial charge on any atom is -0.458 e. The molecule has 1 amide bonds. The number of ether oxygens (including phenoxy) is 4. The fraction of sp³-hybridized carbons (Fsp3) is 0.852. The maximum absolute atomic E-state index is 17.6. The fourth-order valence-electron chi connectivity index (χ4n) is 13.2. The zero-order valence-electron chi connectivity index (χ0n) is 47.9. The van der Waals surface area contributed by atoms with Crippen molar-refractivity contribution in [3.63, 3.8) is 0 Å². The number of carbonyl (C=O) groups is 5. The molecule has 14 heteroatoms. The number of alkyl halides is 1. The Hall–Kier alpha value is -3.04. The molecular weight excluding hydrogens is 956 g/mol. The number of hydrogen-bond donors (Lipinski definition) is 2. The molecule has 0 aromatic rings. The molecule has 3 fully saturated rings. The highest BCUT2D eigenvalue weighted by molar-refractivity contribution is 6.01. The summed E-state index contributed by atoms with van der Waals surface area (Å²) < 4.78 is 40.9. The van der Waals surface area contributed by atoms with E-state index in [1.54, 1.807) is 26.8 Å². The fourth-order valence-corrected chi connectivity index (χ4v) is 13.2. The quantitative estimate of drug-likeness (QED) is 0.0441. The number of amides is 1. The number of aliphatic hydroxyl groups excluding tert-OH is 1. The van der Waals surface area contributed by atoms with Crippen LogP contribution in [0.3, 0.4) is 0 Å². The molecule has 0 heterocycles. The van der Waals surface area contributed by atoms with Crippen LogP contribution in [0.2, 0.25) is 0 Å². The lowest BCUT2D eigenvalue weighted by atomic mass is 9.44. The van der Waals surface area contributed by atoms with E-state index in [1.165, 1.54) is 89.2 Å². The highest BCUT2D eigenvalue weighted by Crippen LogP contribution is 2.70. The monoisotopic (exact) mass is 1060 g/mol. The van der Waals surface area contributed by atoms with Crippen molar-refractivity contribution in [2.75, 3.05) is 66.8 Å². The third-order valence-electron chi connectivity index (χ3n) is 17.7. The number of carbonyl (C=O) groups excluding carboxylic acids is 5. The minimum atomic E-state index is -2.08. The second kappa shape index (κ2) is 32.8.